The number of nitrogens with zero attached hydrogens (tertiary/aromatic N) is 5. The lowest BCUT2D eigenvalue weighted by Crippen LogP contribution is -2.36. The summed E-state index contributed by atoms with van der Waals surface area (Å²) in [7, 11) is -3.22. The van der Waals surface area contributed by atoms with Crippen molar-refractivity contribution in [3.63, 3.8) is 0 Å². The van der Waals surface area contributed by atoms with Gasteiger partial charge in [0.2, 0.25) is 10.0 Å². The zero-order valence-electron chi connectivity index (χ0n) is 16.4. The quantitative estimate of drug-likeness (QED) is 0.754. The third-order valence-electron chi connectivity index (χ3n) is 4.23. The van der Waals surface area contributed by atoms with E-state index >= 15 is 0 Å². The van der Waals surface area contributed by atoms with Crippen LogP contribution >= 0.6 is 0 Å². The summed E-state index contributed by atoms with van der Waals surface area (Å²) in [6.45, 7) is 4.89. The second-order valence-corrected chi connectivity index (χ2v) is 8.57. The van der Waals surface area contributed by atoms with E-state index in [0.717, 1.165) is 30.2 Å². The van der Waals surface area contributed by atoms with Crippen LogP contribution in [0.5, 0.6) is 0 Å². The fraction of sp³-hybridized carbons (Fsp3) is 0.471. The van der Waals surface area contributed by atoms with Gasteiger partial charge in [0.15, 0.2) is 0 Å². The maximum atomic E-state index is 11.9. The van der Waals surface area contributed by atoms with E-state index in [-0.39, 0.29) is 0 Å². The van der Waals surface area contributed by atoms with Crippen LogP contribution in [0.2, 0.25) is 0 Å². The van der Waals surface area contributed by atoms with Crippen LogP contribution < -0.4 is 4.90 Å². The number of aromatic nitrogens is 3. The molecule has 3 heterocycles. The second kappa shape index (κ2) is 9.43. The highest BCUT2D eigenvalue weighted by Gasteiger charge is 2.38. The molecule has 0 saturated carbocycles. The fourth-order valence-electron chi connectivity index (χ4n) is 2.73. The summed E-state index contributed by atoms with van der Waals surface area (Å²) in [6, 6.07) is 5.79. The number of carboxylic acids is 1. The molecule has 0 atom stereocenters. The first-order valence-corrected chi connectivity index (χ1v) is 10.7. The Bertz CT molecular complexity index is 964. The molecule has 1 aliphatic rings. The minimum atomic E-state index is -5.08. The molecule has 1 N–H and O–H groups in total. The smallest absolute Gasteiger partial charge is 0.475 e. The lowest BCUT2D eigenvalue weighted by Gasteiger charge is -2.23. The Morgan fingerprint density at radius 1 is 1.23 bits per heavy atom. The largest absolute Gasteiger partial charge is 0.490 e. The van der Waals surface area contributed by atoms with E-state index in [9.17, 15) is 21.6 Å². The van der Waals surface area contributed by atoms with Crippen molar-refractivity contribution >= 4 is 21.8 Å². The Morgan fingerprint density at radius 3 is 2.43 bits per heavy atom. The van der Waals surface area contributed by atoms with E-state index in [1.165, 1.54) is 10.6 Å². The number of carboxylic acid groups (broad SMARTS) is 1. The first-order valence-electron chi connectivity index (χ1n) is 8.82. The van der Waals surface area contributed by atoms with Gasteiger partial charge in [-0.25, -0.2) is 18.2 Å². The number of hydrogen-bond donors (Lipinski definition) is 1. The summed E-state index contributed by atoms with van der Waals surface area (Å²) in [4.78, 5) is 15.7. The van der Waals surface area contributed by atoms with Gasteiger partial charge in [0.25, 0.3) is 0 Å². The number of hydrogen-bond acceptors (Lipinski definition) is 6. The van der Waals surface area contributed by atoms with Crippen LogP contribution in [0.1, 0.15) is 11.3 Å². The predicted octanol–water partition coefficient (Wildman–Crippen LogP) is 1.50. The van der Waals surface area contributed by atoms with Crippen molar-refractivity contribution in [3.05, 3.63) is 41.9 Å². The van der Waals surface area contributed by atoms with Gasteiger partial charge in [-0.05, 0) is 19.1 Å². The maximum Gasteiger partial charge on any atom is 0.490 e. The number of pyridine rings is 1. The summed E-state index contributed by atoms with van der Waals surface area (Å²) < 4.78 is 59.0. The molecule has 0 aliphatic carbocycles. The average molecular weight is 449 g/mol. The van der Waals surface area contributed by atoms with Crippen LogP contribution in [0.25, 0.3) is 0 Å². The number of rotatable bonds is 4. The molecule has 0 radical (unpaired) electrons. The van der Waals surface area contributed by atoms with Gasteiger partial charge >= 0.3 is 12.1 Å². The molecule has 0 aromatic carbocycles. The van der Waals surface area contributed by atoms with Crippen LogP contribution in [-0.4, -0.2) is 70.6 Å². The Morgan fingerprint density at radius 2 is 1.90 bits per heavy atom. The number of aliphatic carboxylic acids is 1. The summed E-state index contributed by atoms with van der Waals surface area (Å²) in [5.74, 6) is -1.88. The molecule has 9 nitrogen and oxygen atoms in total. The molecule has 3 rings (SSSR count). The van der Waals surface area contributed by atoms with Gasteiger partial charge in [-0.3, -0.25) is 4.68 Å². The highest BCUT2D eigenvalue weighted by molar-refractivity contribution is 7.88. The molecular formula is C17H22F3N5O4S. The lowest BCUT2D eigenvalue weighted by atomic mass is 10.2. The number of sulfonamides is 1. The second-order valence-electron chi connectivity index (χ2n) is 6.59. The Labute approximate surface area is 171 Å². The van der Waals surface area contributed by atoms with Crippen molar-refractivity contribution in [1.29, 1.82) is 0 Å². The molecular weight excluding hydrogens is 427 g/mol. The monoisotopic (exact) mass is 449 g/mol. The summed E-state index contributed by atoms with van der Waals surface area (Å²) >= 11 is 0. The molecule has 166 valence electrons. The highest BCUT2D eigenvalue weighted by Crippen LogP contribution is 2.24. The van der Waals surface area contributed by atoms with Gasteiger partial charge in [0, 0.05) is 49.8 Å². The number of fused-ring (bicyclic) bond motifs is 1. The minimum absolute atomic E-state index is 0.375. The molecule has 0 unspecified atom stereocenters. The molecule has 13 heteroatoms. The van der Waals surface area contributed by atoms with Crippen molar-refractivity contribution in [3.8, 4) is 0 Å². The highest BCUT2D eigenvalue weighted by atomic mass is 32.2. The molecule has 30 heavy (non-hydrogen) atoms. The van der Waals surface area contributed by atoms with Crippen LogP contribution in [0.4, 0.5) is 19.0 Å². The van der Waals surface area contributed by atoms with E-state index in [1.807, 2.05) is 36.0 Å². The fourth-order valence-corrected chi connectivity index (χ4v) is 3.52. The topological polar surface area (TPSA) is 109 Å². The van der Waals surface area contributed by atoms with Gasteiger partial charge in [0.05, 0.1) is 12.8 Å². The molecule has 0 bridgehead atoms. The third kappa shape index (κ3) is 6.69. The standard InChI is InChI=1S/C15H21N5O2S.C2HF3O2/c1-13-4-5-14-12-20(23(2,21)22)11-9-18(15(14)17-13)8-10-19-7-3-6-16-19;3-2(4,5)1(6)7/h3-7H,8-12H2,1-2H3;(H,6,7). The molecule has 1 aliphatic heterocycles. The van der Waals surface area contributed by atoms with Gasteiger partial charge in [-0.15, -0.1) is 0 Å². The minimum Gasteiger partial charge on any atom is -0.475 e. The first kappa shape index (κ1) is 23.6. The van der Waals surface area contributed by atoms with Crippen molar-refractivity contribution in [1.82, 2.24) is 19.1 Å². The molecule has 0 spiro atoms. The summed E-state index contributed by atoms with van der Waals surface area (Å²) in [5, 5.41) is 11.3. The van der Waals surface area contributed by atoms with Gasteiger partial charge in [-0.2, -0.15) is 22.6 Å². The summed E-state index contributed by atoms with van der Waals surface area (Å²) in [6.07, 6.45) is -0.150. The molecule has 2 aromatic heterocycles. The zero-order valence-corrected chi connectivity index (χ0v) is 17.2. The van der Waals surface area contributed by atoms with Crippen molar-refractivity contribution in [2.24, 2.45) is 0 Å². The van der Waals surface area contributed by atoms with Crippen LogP contribution in [0, 0.1) is 6.92 Å². The van der Waals surface area contributed by atoms with Crippen molar-refractivity contribution in [2.75, 3.05) is 30.8 Å². The molecule has 0 saturated heterocycles. The Kier molecular flexibility index (Phi) is 7.42. The van der Waals surface area contributed by atoms with E-state index in [0.29, 0.717) is 19.6 Å². The maximum absolute atomic E-state index is 11.9. The van der Waals surface area contributed by atoms with E-state index in [1.54, 1.807) is 6.20 Å². The number of anilines is 1. The number of halogens is 3. The zero-order chi connectivity index (χ0) is 22.5. The number of carbonyl (C=O) groups is 1. The van der Waals surface area contributed by atoms with Crippen LogP contribution in [0.15, 0.2) is 30.6 Å². The summed E-state index contributed by atoms with van der Waals surface area (Å²) in [5.41, 5.74) is 1.87. The van der Waals surface area contributed by atoms with E-state index in [2.05, 4.69) is 15.0 Å². The average Bonchev–Trinajstić information content (AvgIpc) is 3.07. The molecule has 0 fully saturated rings. The third-order valence-corrected chi connectivity index (χ3v) is 5.48. The van der Waals surface area contributed by atoms with Crippen LogP contribution in [-0.2, 0) is 27.9 Å². The van der Waals surface area contributed by atoms with E-state index < -0.39 is 22.2 Å². The Hall–Kier alpha value is -2.67. The normalized spacial score (nSPS) is 15.0. The molecule has 0 amide bonds. The number of aryl methyl sites for hydroxylation is 1. The Balaban J connectivity index is 0.000000396. The van der Waals surface area contributed by atoms with Crippen molar-refractivity contribution < 1.29 is 31.5 Å². The predicted molar refractivity (Wildman–Crippen MR) is 102 cm³/mol. The molecule has 2 aromatic rings. The van der Waals surface area contributed by atoms with Crippen molar-refractivity contribution in [2.45, 2.75) is 26.2 Å². The van der Waals surface area contributed by atoms with Gasteiger partial charge in [0.1, 0.15) is 5.82 Å². The van der Waals surface area contributed by atoms with E-state index in [4.69, 9.17) is 9.90 Å². The SMILES string of the molecule is Cc1ccc2c(n1)N(CCn1cccn1)CCN(S(C)(=O)=O)C2.O=C(O)C(F)(F)F. The van der Waals surface area contributed by atoms with Crippen LogP contribution in [0.3, 0.4) is 0 Å². The van der Waals surface area contributed by atoms with Gasteiger partial charge in [-0.1, -0.05) is 6.07 Å². The van der Waals surface area contributed by atoms with Gasteiger partial charge < -0.3 is 10.0 Å². The lowest BCUT2D eigenvalue weighted by molar-refractivity contribution is -0.192. The first-order chi connectivity index (χ1) is 13.9. The number of alkyl halides is 3.